The maximum absolute atomic E-state index is 11.9. The summed E-state index contributed by atoms with van der Waals surface area (Å²) in [4.78, 5) is 10.6. The third kappa shape index (κ3) is 5.70. The number of aromatic carboxylic acids is 1. The molecule has 0 aliphatic rings. The minimum atomic E-state index is -4.07. The van der Waals surface area contributed by atoms with Crippen LogP contribution in [-0.4, -0.2) is 17.3 Å². The molecule has 0 fully saturated rings. The summed E-state index contributed by atoms with van der Waals surface area (Å²) in [6.07, 6.45) is -2.76. The maximum Gasteiger partial charge on any atom is 0.389 e. The van der Waals surface area contributed by atoms with Gasteiger partial charge < -0.3 is 5.11 Å². The van der Waals surface area contributed by atoms with Crippen LogP contribution in [0.25, 0.3) is 0 Å². The second kappa shape index (κ2) is 6.42. The predicted octanol–water partition coefficient (Wildman–Crippen LogP) is 4.05. The molecule has 1 aromatic carbocycles. The van der Waals surface area contributed by atoms with Crippen molar-refractivity contribution < 1.29 is 23.1 Å². The van der Waals surface area contributed by atoms with Crippen molar-refractivity contribution in [3.8, 4) is 0 Å². The van der Waals surface area contributed by atoms with Crippen LogP contribution in [0, 0.1) is 0 Å². The van der Waals surface area contributed by atoms with Crippen molar-refractivity contribution in [3.05, 3.63) is 35.4 Å². The Hall–Kier alpha value is -1.52. The third-order valence-electron chi connectivity index (χ3n) is 2.63. The van der Waals surface area contributed by atoms with E-state index in [1.54, 1.807) is 12.1 Å². The highest BCUT2D eigenvalue weighted by Crippen LogP contribution is 2.23. The summed E-state index contributed by atoms with van der Waals surface area (Å²) in [5, 5.41) is 8.69. The monoisotopic (exact) mass is 260 g/mol. The molecule has 18 heavy (non-hydrogen) atoms. The van der Waals surface area contributed by atoms with Crippen molar-refractivity contribution in [2.45, 2.75) is 38.3 Å². The van der Waals surface area contributed by atoms with E-state index in [2.05, 4.69) is 0 Å². The maximum atomic E-state index is 11.9. The number of alkyl halides is 3. The molecule has 0 amide bonds. The van der Waals surface area contributed by atoms with Gasteiger partial charge in [0, 0.05) is 6.42 Å². The molecular formula is C13H15F3O2. The molecule has 1 aromatic rings. The lowest BCUT2D eigenvalue weighted by Gasteiger charge is -2.05. The van der Waals surface area contributed by atoms with Crippen LogP contribution in [0.2, 0.25) is 0 Å². The highest BCUT2D eigenvalue weighted by molar-refractivity contribution is 5.87. The number of hydrogen-bond donors (Lipinski definition) is 1. The molecule has 100 valence electrons. The third-order valence-corrected chi connectivity index (χ3v) is 2.63. The van der Waals surface area contributed by atoms with E-state index in [1.807, 2.05) is 0 Å². The van der Waals surface area contributed by atoms with E-state index in [-0.39, 0.29) is 12.0 Å². The van der Waals surface area contributed by atoms with Crippen LogP contribution >= 0.6 is 0 Å². The molecule has 0 saturated carbocycles. The van der Waals surface area contributed by atoms with Gasteiger partial charge >= 0.3 is 12.1 Å². The van der Waals surface area contributed by atoms with Gasteiger partial charge in [0.25, 0.3) is 0 Å². The molecule has 0 aromatic heterocycles. The van der Waals surface area contributed by atoms with Crippen molar-refractivity contribution in [1.29, 1.82) is 0 Å². The Kier molecular flexibility index (Phi) is 5.19. The molecule has 1 N–H and O–H groups in total. The lowest BCUT2D eigenvalue weighted by atomic mass is 10.0. The number of carboxylic acid groups (broad SMARTS) is 1. The lowest BCUT2D eigenvalue weighted by molar-refractivity contribution is -0.135. The second-order valence-electron chi connectivity index (χ2n) is 4.18. The van der Waals surface area contributed by atoms with E-state index < -0.39 is 18.6 Å². The predicted molar refractivity (Wildman–Crippen MR) is 61.6 cm³/mol. The molecule has 0 aliphatic carbocycles. The number of unbranched alkanes of at least 4 members (excludes halogenated alkanes) is 2. The Morgan fingerprint density at radius 2 is 1.67 bits per heavy atom. The smallest absolute Gasteiger partial charge is 0.389 e. The number of rotatable bonds is 6. The molecule has 5 heteroatoms. The summed E-state index contributed by atoms with van der Waals surface area (Å²) < 4.78 is 35.6. The summed E-state index contributed by atoms with van der Waals surface area (Å²) in [7, 11) is 0. The van der Waals surface area contributed by atoms with Gasteiger partial charge in [-0.2, -0.15) is 13.2 Å². The van der Waals surface area contributed by atoms with Gasteiger partial charge in [0.2, 0.25) is 0 Å². The first-order valence-electron chi connectivity index (χ1n) is 5.77. The fourth-order valence-corrected chi connectivity index (χ4v) is 1.65. The quantitative estimate of drug-likeness (QED) is 0.783. The van der Waals surface area contributed by atoms with E-state index in [0.29, 0.717) is 19.3 Å². The normalized spacial score (nSPS) is 11.5. The van der Waals surface area contributed by atoms with Crippen molar-refractivity contribution in [1.82, 2.24) is 0 Å². The zero-order valence-electron chi connectivity index (χ0n) is 9.83. The topological polar surface area (TPSA) is 37.3 Å². The largest absolute Gasteiger partial charge is 0.478 e. The summed E-state index contributed by atoms with van der Waals surface area (Å²) in [6.45, 7) is 0. The Balaban J connectivity index is 2.25. The zero-order chi connectivity index (χ0) is 13.6. The number of benzene rings is 1. The molecule has 2 nitrogen and oxygen atoms in total. The lowest BCUT2D eigenvalue weighted by Crippen LogP contribution is -2.06. The molecule has 0 bridgehead atoms. The van der Waals surface area contributed by atoms with Gasteiger partial charge in [-0.05, 0) is 37.0 Å². The van der Waals surface area contributed by atoms with Crippen LogP contribution in [-0.2, 0) is 6.42 Å². The Bertz CT molecular complexity index is 382. The van der Waals surface area contributed by atoms with Crippen LogP contribution in [0.15, 0.2) is 24.3 Å². The van der Waals surface area contributed by atoms with Crippen molar-refractivity contribution in [2.24, 2.45) is 0 Å². The van der Waals surface area contributed by atoms with Gasteiger partial charge in [-0.25, -0.2) is 4.79 Å². The Labute approximate surface area is 103 Å². The fourth-order valence-electron chi connectivity index (χ4n) is 1.65. The van der Waals surface area contributed by atoms with Gasteiger partial charge in [0.15, 0.2) is 0 Å². The number of carbonyl (C=O) groups is 1. The first-order valence-corrected chi connectivity index (χ1v) is 5.77. The second-order valence-corrected chi connectivity index (χ2v) is 4.18. The van der Waals surface area contributed by atoms with E-state index >= 15 is 0 Å². The highest BCUT2D eigenvalue weighted by atomic mass is 19.4. The van der Waals surface area contributed by atoms with Crippen molar-refractivity contribution >= 4 is 5.97 Å². The van der Waals surface area contributed by atoms with Crippen molar-refractivity contribution in [3.63, 3.8) is 0 Å². The zero-order valence-corrected chi connectivity index (χ0v) is 9.83. The molecule has 0 aliphatic heterocycles. The number of halogens is 3. The molecule has 1 rings (SSSR count). The van der Waals surface area contributed by atoms with E-state index in [4.69, 9.17) is 5.11 Å². The molecule has 0 radical (unpaired) electrons. The molecule has 0 heterocycles. The fraction of sp³-hybridized carbons (Fsp3) is 0.462. The number of hydrogen-bond acceptors (Lipinski definition) is 1. The first-order chi connectivity index (χ1) is 8.38. The van der Waals surface area contributed by atoms with E-state index in [1.165, 1.54) is 12.1 Å². The number of carboxylic acids is 1. The van der Waals surface area contributed by atoms with Crippen LogP contribution in [0.3, 0.4) is 0 Å². The first kappa shape index (κ1) is 14.5. The number of aryl methyl sites for hydroxylation is 1. The molecule has 0 saturated heterocycles. The SMILES string of the molecule is O=C(O)c1ccc(CCCCCC(F)(F)F)cc1. The van der Waals surface area contributed by atoms with E-state index in [9.17, 15) is 18.0 Å². The van der Waals surface area contributed by atoms with Gasteiger partial charge in [0.05, 0.1) is 5.56 Å². The molecule has 0 unspecified atom stereocenters. The van der Waals surface area contributed by atoms with E-state index in [0.717, 1.165) is 5.56 Å². The van der Waals surface area contributed by atoms with Crippen LogP contribution < -0.4 is 0 Å². The summed E-state index contributed by atoms with van der Waals surface area (Å²) in [5.74, 6) is -0.980. The molecular weight excluding hydrogens is 245 g/mol. The van der Waals surface area contributed by atoms with Crippen LogP contribution in [0.5, 0.6) is 0 Å². The standard InChI is InChI=1S/C13H15F3O2/c14-13(15,16)9-3-1-2-4-10-5-7-11(8-6-10)12(17)18/h5-8H,1-4,9H2,(H,17,18). The van der Waals surface area contributed by atoms with Crippen LogP contribution in [0.4, 0.5) is 13.2 Å². The van der Waals surface area contributed by atoms with Gasteiger partial charge in [-0.1, -0.05) is 18.6 Å². The summed E-state index contributed by atoms with van der Waals surface area (Å²) >= 11 is 0. The minimum Gasteiger partial charge on any atom is -0.478 e. The summed E-state index contributed by atoms with van der Waals surface area (Å²) in [5.41, 5.74) is 1.17. The molecule has 0 atom stereocenters. The average Bonchev–Trinajstić information content (AvgIpc) is 2.27. The Morgan fingerprint density at radius 1 is 1.06 bits per heavy atom. The minimum absolute atomic E-state index is 0.150. The van der Waals surface area contributed by atoms with Crippen molar-refractivity contribution in [2.75, 3.05) is 0 Å². The van der Waals surface area contributed by atoms with Gasteiger partial charge in [0.1, 0.15) is 0 Å². The van der Waals surface area contributed by atoms with Gasteiger partial charge in [-0.3, -0.25) is 0 Å². The van der Waals surface area contributed by atoms with Gasteiger partial charge in [-0.15, -0.1) is 0 Å². The highest BCUT2D eigenvalue weighted by Gasteiger charge is 2.25. The Morgan fingerprint density at radius 3 is 2.17 bits per heavy atom. The molecule has 0 spiro atoms. The summed E-state index contributed by atoms with van der Waals surface area (Å²) in [6, 6.07) is 6.42. The average molecular weight is 260 g/mol. The van der Waals surface area contributed by atoms with Crippen LogP contribution in [0.1, 0.15) is 41.6 Å².